The van der Waals surface area contributed by atoms with Crippen LogP contribution in [0.5, 0.6) is 0 Å². The third kappa shape index (κ3) is 4.06. The molecule has 0 saturated heterocycles. The predicted molar refractivity (Wildman–Crippen MR) is 79.6 cm³/mol. The molecule has 2 unspecified atom stereocenters. The van der Waals surface area contributed by atoms with Crippen molar-refractivity contribution in [1.82, 2.24) is 10.3 Å². The fraction of sp³-hybridized carbons (Fsp3) is 0.667. The van der Waals surface area contributed by atoms with E-state index >= 15 is 0 Å². The maximum atomic E-state index is 4.48. The van der Waals surface area contributed by atoms with Gasteiger partial charge >= 0.3 is 0 Å². The minimum atomic E-state index is 0.747. The zero-order valence-corrected chi connectivity index (χ0v) is 12.9. The van der Waals surface area contributed by atoms with Gasteiger partial charge in [-0.1, -0.05) is 13.8 Å². The van der Waals surface area contributed by atoms with Gasteiger partial charge in [-0.05, 0) is 78.2 Å². The van der Waals surface area contributed by atoms with Crippen LogP contribution in [0.2, 0.25) is 0 Å². The lowest BCUT2D eigenvalue weighted by atomic mass is 9.71. The van der Waals surface area contributed by atoms with Crippen LogP contribution in [0.15, 0.2) is 22.8 Å². The van der Waals surface area contributed by atoms with E-state index in [0.717, 1.165) is 35.2 Å². The number of hydrogen-bond donors (Lipinski definition) is 1. The Labute approximate surface area is 119 Å². The van der Waals surface area contributed by atoms with Gasteiger partial charge in [0.1, 0.15) is 0 Å². The lowest BCUT2D eigenvalue weighted by Gasteiger charge is -2.37. The van der Waals surface area contributed by atoms with Gasteiger partial charge in [0, 0.05) is 16.4 Å². The van der Waals surface area contributed by atoms with Gasteiger partial charge in [-0.3, -0.25) is 4.98 Å². The van der Waals surface area contributed by atoms with Crippen molar-refractivity contribution < 1.29 is 0 Å². The first kappa shape index (κ1) is 14.0. The maximum absolute atomic E-state index is 4.48. The number of nitrogens with zero attached hydrogens (tertiary/aromatic N) is 1. The van der Waals surface area contributed by atoms with Crippen molar-refractivity contribution in [2.75, 3.05) is 13.1 Å². The summed E-state index contributed by atoms with van der Waals surface area (Å²) in [5.74, 6) is 2.43. The molecule has 3 heteroatoms. The molecule has 0 aromatic carbocycles. The molecule has 1 fully saturated rings. The first-order valence-corrected chi connectivity index (χ1v) is 7.75. The second kappa shape index (κ2) is 6.67. The Morgan fingerprint density at radius 2 is 2.11 bits per heavy atom. The molecular formula is C15H23BrN2. The quantitative estimate of drug-likeness (QED) is 0.867. The van der Waals surface area contributed by atoms with Crippen molar-refractivity contribution in [2.45, 2.75) is 33.1 Å². The standard InChI is InChI=1S/C15H23BrN2/c1-11(2)8-17-9-13-4-3-12(13)7-15-6-5-14(16)10-18-15/h5-6,10-13,17H,3-4,7-9H2,1-2H3. The van der Waals surface area contributed by atoms with Crippen LogP contribution >= 0.6 is 15.9 Å². The highest BCUT2D eigenvalue weighted by atomic mass is 79.9. The summed E-state index contributed by atoms with van der Waals surface area (Å²) in [4.78, 5) is 4.48. The summed E-state index contributed by atoms with van der Waals surface area (Å²) in [5, 5.41) is 3.58. The van der Waals surface area contributed by atoms with Crippen LogP contribution in [0, 0.1) is 17.8 Å². The average molecular weight is 311 g/mol. The molecule has 1 aromatic heterocycles. The first-order chi connectivity index (χ1) is 8.65. The van der Waals surface area contributed by atoms with Gasteiger partial charge in [0.15, 0.2) is 0 Å². The van der Waals surface area contributed by atoms with Gasteiger partial charge in [-0.25, -0.2) is 0 Å². The summed E-state index contributed by atoms with van der Waals surface area (Å²) in [5.41, 5.74) is 1.23. The number of halogens is 1. The van der Waals surface area contributed by atoms with E-state index in [4.69, 9.17) is 0 Å². The lowest BCUT2D eigenvalue weighted by Crippen LogP contribution is -2.37. The third-order valence-electron chi connectivity index (χ3n) is 3.79. The van der Waals surface area contributed by atoms with Crippen LogP contribution in [-0.2, 0) is 6.42 Å². The molecule has 2 atom stereocenters. The number of rotatable bonds is 6. The molecule has 2 nitrogen and oxygen atoms in total. The molecule has 2 rings (SSSR count). The Morgan fingerprint density at radius 3 is 2.67 bits per heavy atom. The summed E-state index contributed by atoms with van der Waals surface area (Å²) >= 11 is 3.43. The zero-order chi connectivity index (χ0) is 13.0. The molecular weight excluding hydrogens is 288 g/mol. The van der Waals surface area contributed by atoms with Crippen LogP contribution in [0.3, 0.4) is 0 Å². The van der Waals surface area contributed by atoms with E-state index in [1.807, 2.05) is 6.20 Å². The molecule has 1 aromatic rings. The van der Waals surface area contributed by atoms with Gasteiger partial charge < -0.3 is 5.32 Å². The molecule has 0 spiro atoms. The van der Waals surface area contributed by atoms with E-state index in [-0.39, 0.29) is 0 Å². The molecule has 0 radical (unpaired) electrons. The smallest absolute Gasteiger partial charge is 0.0413 e. The Bertz CT molecular complexity index is 361. The Balaban J connectivity index is 1.75. The van der Waals surface area contributed by atoms with Crippen molar-refractivity contribution in [3.63, 3.8) is 0 Å². The highest BCUT2D eigenvalue weighted by Crippen LogP contribution is 2.36. The van der Waals surface area contributed by atoms with Crippen molar-refractivity contribution >= 4 is 15.9 Å². The van der Waals surface area contributed by atoms with Crippen molar-refractivity contribution in [2.24, 2.45) is 17.8 Å². The van der Waals surface area contributed by atoms with Crippen molar-refractivity contribution in [3.05, 3.63) is 28.5 Å². The van der Waals surface area contributed by atoms with E-state index in [0.29, 0.717) is 0 Å². The van der Waals surface area contributed by atoms with Crippen molar-refractivity contribution in [3.8, 4) is 0 Å². The summed E-state index contributed by atoms with van der Waals surface area (Å²) < 4.78 is 1.06. The van der Waals surface area contributed by atoms with Gasteiger partial charge in [-0.15, -0.1) is 0 Å². The minimum Gasteiger partial charge on any atom is -0.316 e. The number of nitrogens with one attached hydrogen (secondary N) is 1. The largest absolute Gasteiger partial charge is 0.316 e. The molecule has 18 heavy (non-hydrogen) atoms. The SMILES string of the molecule is CC(C)CNCC1CCC1Cc1ccc(Br)cn1. The first-order valence-electron chi connectivity index (χ1n) is 6.96. The number of pyridine rings is 1. The molecule has 0 bridgehead atoms. The highest BCUT2D eigenvalue weighted by molar-refractivity contribution is 9.10. The Kier molecular flexibility index (Phi) is 5.19. The third-order valence-corrected chi connectivity index (χ3v) is 4.26. The van der Waals surface area contributed by atoms with Crippen LogP contribution in [0.1, 0.15) is 32.4 Å². The summed E-state index contributed by atoms with van der Waals surface area (Å²) in [6.07, 6.45) is 5.79. The fourth-order valence-electron chi connectivity index (χ4n) is 2.53. The topological polar surface area (TPSA) is 24.9 Å². The van der Waals surface area contributed by atoms with Crippen LogP contribution < -0.4 is 5.32 Å². The summed E-state index contributed by atoms with van der Waals surface area (Å²) in [6, 6.07) is 4.23. The van der Waals surface area contributed by atoms with Crippen LogP contribution in [0.25, 0.3) is 0 Å². The second-order valence-corrected chi connectivity index (χ2v) is 6.74. The highest BCUT2D eigenvalue weighted by Gasteiger charge is 2.30. The predicted octanol–water partition coefficient (Wildman–Crippen LogP) is 3.66. The normalized spacial score (nSPS) is 23.1. The molecule has 100 valence electrons. The molecule has 1 aliphatic carbocycles. The molecule has 0 aliphatic heterocycles. The zero-order valence-electron chi connectivity index (χ0n) is 11.3. The van der Waals surface area contributed by atoms with Gasteiger partial charge in [-0.2, -0.15) is 0 Å². The van der Waals surface area contributed by atoms with Gasteiger partial charge in [0.05, 0.1) is 0 Å². The molecule has 1 aliphatic rings. The van der Waals surface area contributed by atoms with E-state index in [9.17, 15) is 0 Å². The Hall–Kier alpha value is -0.410. The molecule has 1 heterocycles. The average Bonchev–Trinajstić information content (AvgIpc) is 2.32. The van der Waals surface area contributed by atoms with E-state index in [1.54, 1.807) is 0 Å². The van der Waals surface area contributed by atoms with Gasteiger partial charge in [0.2, 0.25) is 0 Å². The van der Waals surface area contributed by atoms with Gasteiger partial charge in [0.25, 0.3) is 0 Å². The van der Waals surface area contributed by atoms with E-state index in [2.05, 4.69) is 52.2 Å². The Morgan fingerprint density at radius 1 is 1.33 bits per heavy atom. The van der Waals surface area contributed by atoms with E-state index < -0.39 is 0 Å². The van der Waals surface area contributed by atoms with E-state index in [1.165, 1.54) is 25.1 Å². The second-order valence-electron chi connectivity index (χ2n) is 5.82. The summed E-state index contributed by atoms with van der Waals surface area (Å²) in [7, 11) is 0. The lowest BCUT2D eigenvalue weighted by molar-refractivity contribution is 0.168. The monoisotopic (exact) mass is 310 g/mol. The minimum absolute atomic E-state index is 0.747. The van der Waals surface area contributed by atoms with Crippen LogP contribution in [-0.4, -0.2) is 18.1 Å². The number of hydrogen-bond acceptors (Lipinski definition) is 2. The fourth-order valence-corrected chi connectivity index (χ4v) is 2.76. The summed E-state index contributed by atoms with van der Waals surface area (Å²) in [6.45, 7) is 6.84. The molecule has 1 N–H and O–H groups in total. The number of aromatic nitrogens is 1. The molecule has 0 amide bonds. The van der Waals surface area contributed by atoms with Crippen molar-refractivity contribution in [1.29, 1.82) is 0 Å². The molecule has 1 saturated carbocycles. The van der Waals surface area contributed by atoms with Crippen LogP contribution in [0.4, 0.5) is 0 Å². The maximum Gasteiger partial charge on any atom is 0.0413 e.